The van der Waals surface area contributed by atoms with Gasteiger partial charge in [-0.3, -0.25) is 4.79 Å². The molecule has 0 aliphatic heterocycles. The number of rotatable bonds is 4. The van der Waals surface area contributed by atoms with E-state index < -0.39 is 0 Å². The van der Waals surface area contributed by atoms with Crippen LogP contribution in [-0.2, 0) is 4.79 Å². The summed E-state index contributed by atoms with van der Waals surface area (Å²) >= 11 is 0. The van der Waals surface area contributed by atoms with Gasteiger partial charge < -0.3 is 11.1 Å². The van der Waals surface area contributed by atoms with Gasteiger partial charge in [0.2, 0.25) is 5.91 Å². The van der Waals surface area contributed by atoms with Crippen LogP contribution in [0.25, 0.3) is 0 Å². The molecule has 1 atom stereocenters. The lowest BCUT2D eigenvalue weighted by atomic mass is 9.90. The second kappa shape index (κ2) is 6.16. The SMILES string of the molecule is Br.C=CC(=O)NCC(C)C(C)(C)N. The highest BCUT2D eigenvalue weighted by Gasteiger charge is 2.20. The zero-order chi connectivity index (χ0) is 9.78. The van der Waals surface area contributed by atoms with Crippen molar-refractivity contribution in [1.82, 2.24) is 5.32 Å². The molecule has 1 amide bonds. The monoisotopic (exact) mass is 250 g/mol. The number of hydrogen-bond donors (Lipinski definition) is 2. The molecule has 0 heterocycles. The Labute approximate surface area is 90.5 Å². The van der Waals surface area contributed by atoms with Gasteiger partial charge in [-0.15, -0.1) is 17.0 Å². The third kappa shape index (κ3) is 6.78. The number of halogens is 1. The molecule has 0 aliphatic rings. The van der Waals surface area contributed by atoms with E-state index in [1.807, 2.05) is 20.8 Å². The number of hydrogen-bond acceptors (Lipinski definition) is 2. The van der Waals surface area contributed by atoms with E-state index >= 15 is 0 Å². The first kappa shape index (κ1) is 15.1. The minimum absolute atomic E-state index is 0. The molecule has 13 heavy (non-hydrogen) atoms. The molecule has 0 rings (SSSR count). The lowest BCUT2D eigenvalue weighted by Crippen LogP contribution is -2.44. The normalized spacial score (nSPS) is 12.6. The van der Waals surface area contributed by atoms with E-state index in [2.05, 4.69) is 11.9 Å². The smallest absolute Gasteiger partial charge is 0.243 e. The zero-order valence-electron chi connectivity index (χ0n) is 8.46. The Morgan fingerprint density at radius 1 is 1.69 bits per heavy atom. The van der Waals surface area contributed by atoms with Crippen LogP contribution in [-0.4, -0.2) is 18.0 Å². The van der Waals surface area contributed by atoms with Crippen LogP contribution in [0.3, 0.4) is 0 Å². The van der Waals surface area contributed by atoms with Crippen LogP contribution in [0.15, 0.2) is 12.7 Å². The van der Waals surface area contributed by atoms with Crippen LogP contribution in [0.2, 0.25) is 0 Å². The van der Waals surface area contributed by atoms with Crippen molar-refractivity contribution >= 4 is 22.9 Å². The second-order valence-corrected chi connectivity index (χ2v) is 3.67. The van der Waals surface area contributed by atoms with Crippen LogP contribution in [0.5, 0.6) is 0 Å². The van der Waals surface area contributed by atoms with Crippen LogP contribution < -0.4 is 11.1 Å². The van der Waals surface area contributed by atoms with Crippen molar-refractivity contribution in [2.24, 2.45) is 11.7 Å². The van der Waals surface area contributed by atoms with Gasteiger partial charge in [-0.2, -0.15) is 0 Å². The molecule has 3 N–H and O–H groups in total. The van der Waals surface area contributed by atoms with E-state index in [-0.39, 0.29) is 34.3 Å². The summed E-state index contributed by atoms with van der Waals surface area (Å²) in [6.07, 6.45) is 1.26. The van der Waals surface area contributed by atoms with Gasteiger partial charge in [0, 0.05) is 12.1 Å². The van der Waals surface area contributed by atoms with E-state index in [9.17, 15) is 4.79 Å². The Kier molecular flexibility index (Phi) is 7.17. The molecular formula is C9H19BrN2O. The largest absolute Gasteiger partial charge is 0.352 e. The lowest BCUT2D eigenvalue weighted by Gasteiger charge is -2.26. The van der Waals surface area contributed by atoms with E-state index in [1.165, 1.54) is 6.08 Å². The molecule has 0 aromatic heterocycles. The predicted octanol–water partition coefficient (Wildman–Crippen LogP) is 1.24. The van der Waals surface area contributed by atoms with E-state index in [0.29, 0.717) is 6.54 Å². The van der Waals surface area contributed by atoms with Crippen molar-refractivity contribution in [2.75, 3.05) is 6.54 Å². The van der Waals surface area contributed by atoms with Crippen molar-refractivity contribution in [3.63, 3.8) is 0 Å². The van der Waals surface area contributed by atoms with Crippen molar-refractivity contribution in [1.29, 1.82) is 0 Å². The molecule has 1 unspecified atom stereocenters. The average molecular weight is 251 g/mol. The summed E-state index contributed by atoms with van der Waals surface area (Å²) in [5.41, 5.74) is 5.57. The fraction of sp³-hybridized carbons (Fsp3) is 0.667. The summed E-state index contributed by atoms with van der Waals surface area (Å²) in [5.74, 6) is 0.104. The zero-order valence-corrected chi connectivity index (χ0v) is 10.2. The summed E-state index contributed by atoms with van der Waals surface area (Å²) in [6.45, 7) is 9.84. The van der Waals surface area contributed by atoms with Crippen molar-refractivity contribution in [3.05, 3.63) is 12.7 Å². The molecule has 0 spiro atoms. The summed E-state index contributed by atoms with van der Waals surface area (Å²) in [7, 11) is 0. The fourth-order valence-electron chi connectivity index (χ4n) is 0.589. The van der Waals surface area contributed by atoms with Crippen molar-refractivity contribution in [2.45, 2.75) is 26.3 Å². The number of nitrogens with one attached hydrogen (secondary N) is 1. The van der Waals surface area contributed by atoms with Gasteiger partial charge in [0.15, 0.2) is 0 Å². The Morgan fingerprint density at radius 3 is 2.46 bits per heavy atom. The third-order valence-electron chi connectivity index (χ3n) is 2.04. The summed E-state index contributed by atoms with van der Waals surface area (Å²) < 4.78 is 0. The summed E-state index contributed by atoms with van der Waals surface area (Å²) in [4.78, 5) is 10.8. The molecule has 0 saturated carbocycles. The van der Waals surface area contributed by atoms with Crippen molar-refractivity contribution < 1.29 is 4.79 Å². The van der Waals surface area contributed by atoms with Gasteiger partial charge in [0.25, 0.3) is 0 Å². The fourth-order valence-corrected chi connectivity index (χ4v) is 0.589. The molecule has 4 heteroatoms. The molecule has 3 nitrogen and oxygen atoms in total. The van der Waals surface area contributed by atoms with Gasteiger partial charge in [-0.25, -0.2) is 0 Å². The first-order valence-corrected chi connectivity index (χ1v) is 4.07. The van der Waals surface area contributed by atoms with E-state index in [4.69, 9.17) is 5.73 Å². The molecule has 0 bridgehead atoms. The number of nitrogens with two attached hydrogens (primary N) is 1. The van der Waals surface area contributed by atoms with Gasteiger partial charge in [-0.05, 0) is 25.8 Å². The Morgan fingerprint density at radius 2 is 2.15 bits per heavy atom. The minimum atomic E-state index is -0.256. The van der Waals surface area contributed by atoms with Crippen LogP contribution in [0, 0.1) is 5.92 Å². The molecule has 0 aromatic carbocycles. The topological polar surface area (TPSA) is 55.1 Å². The molecule has 78 valence electrons. The summed E-state index contributed by atoms with van der Waals surface area (Å²) in [5, 5.41) is 2.70. The molecule has 0 aromatic rings. The number of carbonyl (C=O) groups is 1. The number of amides is 1. The van der Waals surface area contributed by atoms with E-state index in [0.717, 1.165) is 0 Å². The Bertz CT molecular complexity index is 175. The molecule has 0 aliphatic carbocycles. The van der Waals surface area contributed by atoms with Gasteiger partial charge in [0.1, 0.15) is 0 Å². The highest BCUT2D eigenvalue weighted by atomic mass is 79.9. The highest BCUT2D eigenvalue weighted by Crippen LogP contribution is 2.10. The van der Waals surface area contributed by atoms with E-state index in [1.54, 1.807) is 0 Å². The second-order valence-electron chi connectivity index (χ2n) is 3.67. The Balaban J connectivity index is 0. The molecule has 0 radical (unpaired) electrons. The van der Waals surface area contributed by atoms with Crippen LogP contribution in [0.1, 0.15) is 20.8 Å². The van der Waals surface area contributed by atoms with Crippen molar-refractivity contribution in [3.8, 4) is 0 Å². The molecule has 0 saturated heterocycles. The molecular weight excluding hydrogens is 232 g/mol. The predicted molar refractivity (Wildman–Crippen MR) is 61.0 cm³/mol. The van der Waals surface area contributed by atoms with Gasteiger partial charge in [0.05, 0.1) is 0 Å². The molecule has 0 fully saturated rings. The highest BCUT2D eigenvalue weighted by molar-refractivity contribution is 8.93. The first-order chi connectivity index (χ1) is 5.38. The number of carbonyl (C=O) groups excluding carboxylic acids is 1. The Hall–Kier alpha value is -0.350. The standard InChI is InChI=1S/C9H18N2O.BrH/c1-5-8(12)11-6-7(2)9(3,4)10;/h5,7H,1,6,10H2,2-4H3,(H,11,12);1H. The minimum Gasteiger partial charge on any atom is -0.352 e. The van der Waals surface area contributed by atoms with Crippen LogP contribution >= 0.6 is 17.0 Å². The van der Waals surface area contributed by atoms with Gasteiger partial charge >= 0.3 is 0 Å². The average Bonchev–Trinajstić information content (AvgIpc) is 1.97. The third-order valence-corrected chi connectivity index (χ3v) is 2.04. The first-order valence-electron chi connectivity index (χ1n) is 4.07. The lowest BCUT2D eigenvalue weighted by molar-refractivity contribution is -0.116. The maximum atomic E-state index is 10.8. The maximum Gasteiger partial charge on any atom is 0.243 e. The summed E-state index contributed by atoms with van der Waals surface area (Å²) in [6, 6.07) is 0. The maximum absolute atomic E-state index is 10.8. The quantitative estimate of drug-likeness (QED) is 0.738. The van der Waals surface area contributed by atoms with Gasteiger partial charge in [-0.1, -0.05) is 13.5 Å². The van der Waals surface area contributed by atoms with Crippen LogP contribution in [0.4, 0.5) is 0 Å².